The first-order chi connectivity index (χ1) is 10.8. The van der Waals surface area contributed by atoms with E-state index in [0.717, 1.165) is 0 Å². The molecule has 0 aromatic heterocycles. The quantitative estimate of drug-likeness (QED) is 0.263. The van der Waals surface area contributed by atoms with Crippen molar-refractivity contribution in [3.63, 3.8) is 0 Å². The molecule has 1 amide bonds. The van der Waals surface area contributed by atoms with Gasteiger partial charge < -0.3 is 40.7 Å². The standard InChI is InChI=1S/C11H16F3NO9/c12-11(13,14)8(20)15-5-3(17)1-10(23,9(21)22)24-7(5)6(19)4(18)2-16/h3-7,16-19,23H,1-2H2,(H,15,20)(H,21,22)/t3-,4+,5+,6+,7+,10-/m0/s1. The van der Waals surface area contributed by atoms with E-state index in [9.17, 15) is 43.2 Å². The first kappa shape index (κ1) is 20.5. The van der Waals surface area contributed by atoms with Crippen molar-refractivity contribution in [3.05, 3.63) is 0 Å². The van der Waals surface area contributed by atoms with E-state index in [1.165, 1.54) is 5.32 Å². The summed E-state index contributed by atoms with van der Waals surface area (Å²) in [6, 6.07) is -2.02. The Labute approximate surface area is 132 Å². The number of aliphatic hydroxyl groups excluding tert-OH is 4. The molecule has 7 N–H and O–H groups in total. The molecule has 0 aromatic carbocycles. The second kappa shape index (κ2) is 7.16. The molecule has 0 saturated carbocycles. The molecule has 1 aliphatic rings. The minimum atomic E-state index is -5.36. The number of amides is 1. The van der Waals surface area contributed by atoms with Gasteiger partial charge in [-0.3, -0.25) is 4.79 Å². The van der Waals surface area contributed by atoms with Crippen molar-refractivity contribution in [2.45, 2.75) is 48.8 Å². The first-order valence-corrected chi connectivity index (χ1v) is 6.50. The monoisotopic (exact) mass is 363 g/mol. The highest BCUT2D eigenvalue weighted by molar-refractivity contribution is 5.82. The topological polar surface area (TPSA) is 177 Å². The van der Waals surface area contributed by atoms with E-state index < -0.39 is 67.3 Å². The molecule has 10 nitrogen and oxygen atoms in total. The van der Waals surface area contributed by atoms with E-state index >= 15 is 0 Å². The van der Waals surface area contributed by atoms with Crippen LogP contribution in [0, 0.1) is 0 Å². The van der Waals surface area contributed by atoms with Crippen LogP contribution >= 0.6 is 0 Å². The third kappa shape index (κ3) is 4.31. The molecule has 0 aliphatic carbocycles. The summed E-state index contributed by atoms with van der Waals surface area (Å²) in [6.45, 7) is -1.09. The molecule has 0 aromatic rings. The minimum absolute atomic E-state index is 1.09. The number of halogens is 3. The summed E-state index contributed by atoms with van der Waals surface area (Å²) >= 11 is 0. The van der Waals surface area contributed by atoms with Crippen molar-refractivity contribution in [2.75, 3.05) is 6.61 Å². The van der Waals surface area contributed by atoms with E-state index in [-0.39, 0.29) is 0 Å². The number of carbonyl (C=O) groups excluding carboxylic acids is 1. The number of carboxylic acids is 1. The Morgan fingerprint density at radius 1 is 1.33 bits per heavy atom. The van der Waals surface area contributed by atoms with Gasteiger partial charge in [0.1, 0.15) is 18.3 Å². The lowest BCUT2D eigenvalue weighted by Crippen LogP contribution is -2.68. The SMILES string of the molecule is O=C(N[C@H]1[C@H]([C@H](O)[C@H](O)CO)O[C@](O)(C(=O)O)C[C@@H]1O)C(F)(F)F. The number of aliphatic hydroxyl groups is 5. The minimum Gasteiger partial charge on any atom is -0.477 e. The maximum absolute atomic E-state index is 12.3. The van der Waals surface area contributed by atoms with Gasteiger partial charge in [0.15, 0.2) is 0 Å². The number of hydrogen-bond acceptors (Lipinski definition) is 8. The molecule has 0 unspecified atom stereocenters. The number of ether oxygens (including phenoxy) is 1. The number of nitrogens with one attached hydrogen (secondary N) is 1. The van der Waals surface area contributed by atoms with Crippen LogP contribution in [0.2, 0.25) is 0 Å². The van der Waals surface area contributed by atoms with Crippen LogP contribution in [0.4, 0.5) is 13.2 Å². The molecule has 1 saturated heterocycles. The van der Waals surface area contributed by atoms with Crippen molar-refractivity contribution in [2.24, 2.45) is 0 Å². The highest BCUT2D eigenvalue weighted by atomic mass is 19.4. The number of alkyl halides is 3. The van der Waals surface area contributed by atoms with E-state index in [1.54, 1.807) is 0 Å². The second-order valence-corrected chi connectivity index (χ2v) is 5.18. The molecule has 6 atom stereocenters. The Kier molecular flexibility index (Phi) is 6.13. The number of carboxylic acid groups (broad SMARTS) is 1. The van der Waals surface area contributed by atoms with Crippen LogP contribution in [0.5, 0.6) is 0 Å². The lowest BCUT2D eigenvalue weighted by atomic mass is 9.88. The molecule has 140 valence electrons. The molecular weight excluding hydrogens is 347 g/mol. The van der Waals surface area contributed by atoms with Crippen molar-refractivity contribution < 1.29 is 58.1 Å². The second-order valence-electron chi connectivity index (χ2n) is 5.18. The molecule has 13 heteroatoms. The average molecular weight is 363 g/mol. The van der Waals surface area contributed by atoms with Crippen molar-refractivity contribution in [1.82, 2.24) is 5.32 Å². The Balaban J connectivity index is 3.13. The Morgan fingerprint density at radius 2 is 1.88 bits per heavy atom. The van der Waals surface area contributed by atoms with Crippen molar-refractivity contribution in [1.29, 1.82) is 0 Å². The Hall–Kier alpha value is -1.51. The highest BCUT2D eigenvalue weighted by Gasteiger charge is 2.55. The van der Waals surface area contributed by atoms with Crippen LogP contribution in [0.3, 0.4) is 0 Å². The summed E-state index contributed by atoms with van der Waals surface area (Å²) in [7, 11) is 0. The fourth-order valence-corrected chi connectivity index (χ4v) is 2.13. The number of hydrogen-bond donors (Lipinski definition) is 7. The van der Waals surface area contributed by atoms with Crippen LogP contribution in [-0.4, -0.2) is 91.5 Å². The zero-order valence-corrected chi connectivity index (χ0v) is 11.8. The molecule has 0 radical (unpaired) electrons. The van der Waals surface area contributed by atoms with Gasteiger partial charge in [0.05, 0.1) is 18.8 Å². The summed E-state index contributed by atoms with van der Waals surface area (Å²) < 4.78 is 41.6. The predicted molar refractivity (Wildman–Crippen MR) is 65.2 cm³/mol. The zero-order chi connectivity index (χ0) is 18.9. The molecule has 0 bridgehead atoms. The van der Waals surface area contributed by atoms with E-state index in [2.05, 4.69) is 4.74 Å². The maximum Gasteiger partial charge on any atom is 0.471 e. The van der Waals surface area contributed by atoms with Gasteiger partial charge in [-0.2, -0.15) is 13.2 Å². The van der Waals surface area contributed by atoms with Crippen LogP contribution in [-0.2, 0) is 14.3 Å². The average Bonchev–Trinajstić information content (AvgIpc) is 2.46. The molecule has 1 heterocycles. The Bertz CT molecular complexity index is 488. The zero-order valence-electron chi connectivity index (χ0n) is 11.8. The largest absolute Gasteiger partial charge is 0.477 e. The predicted octanol–water partition coefficient (Wildman–Crippen LogP) is -3.33. The van der Waals surface area contributed by atoms with Gasteiger partial charge in [-0.05, 0) is 0 Å². The van der Waals surface area contributed by atoms with Gasteiger partial charge in [0.2, 0.25) is 0 Å². The molecule has 1 fully saturated rings. The highest BCUT2D eigenvalue weighted by Crippen LogP contribution is 2.31. The van der Waals surface area contributed by atoms with Crippen molar-refractivity contribution >= 4 is 11.9 Å². The fraction of sp³-hybridized carbons (Fsp3) is 0.818. The van der Waals surface area contributed by atoms with Crippen LogP contribution in [0.15, 0.2) is 0 Å². The van der Waals surface area contributed by atoms with Crippen LogP contribution in [0.25, 0.3) is 0 Å². The van der Waals surface area contributed by atoms with E-state index in [1.807, 2.05) is 0 Å². The first-order valence-electron chi connectivity index (χ1n) is 6.50. The van der Waals surface area contributed by atoms with E-state index in [0.29, 0.717) is 0 Å². The van der Waals surface area contributed by atoms with Gasteiger partial charge in [-0.15, -0.1) is 0 Å². The third-order valence-corrected chi connectivity index (χ3v) is 3.39. The number of rotatable bonds is 5. The molecular formula is C11H16F3NO9. The van der Waals surface area contributed by atoms with Gasteiger partial charge in [-0.25, -0.2) is 4.79 Å². The molecule has 0 spiro atoms. The summed E-state index contributed by atoms with van der Waals surface area (Å²) in [5.41, 5.74) is 0. The number of carbonyl (C=O) groups is 2. The lowest BCUT2D eigenvalue weighted by Gasteiger charge is -2.44. The van der Waals surface area contributed by atoms with Crippen LogP contribution in [0.1, 0.15) is 6.42 Å². The normalized spacial score (nSPS) is 33.6. The maximum atomic E-state index is 12.3. The smallest absolute Gasteiger partial charge is 0.471 e. The fourth-order valence-electron chi connectivity index (χ4n) is 2.13. The van der Waals surface area contributed by atoms with E-state index in [4.69, 9.17) is 10.2 Å². The molecule has 1 aliphatic heterocycles. The summed E-state index contributed by atoms with van der Waals surface area (Å²) in [5.74, 6) is -7.62. The van der Waals surface area contributed by atoms with Crippen LogP contribution < -0.4 is 5.32 Å². The summed E-state index contributed by atoms with van der Waals surface area (Å²) in [4.78, 5) is 22.0. The third-order valence-electron chi connectivity index (χ3n) is 3.39. The summed E-state index contributed by atoms with van der Waals surface area (Å²) in [5, 5.41) is 57.6. The summed E-state index contributed by atoms with van der Waals surface area (Å²) in [6.07, 6.45) is -15.0. The number of aliphatic carboxylic acids is 1. The molecule has 1 rings (SSSR count). The lowest BCUT2D eigenvalue weighted by molar-refractivity contribution is -0.295. The molecule has 24 heavy (non-hydrogen) atoms. The van der Waals surface area contributed by atoms with Gasteiger partial charge in [0, 0.05) is 6.42 Å². The Morgan fingerprint density at radius 3 is 2.29 bits per heavy atom. The van der Waals surface area contributed by atoms with Gasteiger partial charge >= 0.3 is 18.1 Å². The van der Waals surface area contributed by atoms with Crippen molar-refractivity contribution in [3.8, 4) is 0 Å². The van der Waals surface area contributed by atoms with Gasteiger partial charge in [-0.1, -0.05) is 0 Å². The van der Waals surface area contributed by atoms with Gasteiger partial charge in [0.25, 0.3) is 5.79 Å².